The highest BCUT2D eigenvalue weighted by atomic mass is 16.5. The number of amides is 1. The van der Waals surface area contributed by atoms with E-state index in [9.17, 15) is 9.59 Å². The monoisotopic (exact) mass is 262 g/mol. The summed E-state index contributed by atoms with van der Waals surface area (Å²) in [5, 5.41) is 5.50. The second-order valence-corrected chi connectivity index (χ2v) is 3.84. The number of carbonyl (C=O) groups excluding carboxylic acids is 2. The molecule has 0 saturated heterocycles. The van der Waals surface area contributed by atoms with Crippen molar-refractivity contribution >= 4 is 11.9 Å². The minimum atomic E-state index is -0.652. The van der Waals surface area contributed by atoms with E-state index in [1.54, 1.807) is 18.2 Å². The molecule has 1 aromatic rings. The van der Waals surface area contributed by atoms with Crippen LogP contribution in [0.15, 0.2) is 43.0 Å². The smallest absolute Gasteiger partial charge is 0.327 e. The van der Waals surface area contributed by atoms with Crippen LogP contribution in [-0.2, 0) is 14.3 Å². The largest absolute Gasteiger partial charge is 0.468 e. The molecule has 5 heteroatoms. The Morgan fingerprint density at radius 3 is 2.63 bits per heavy atom. The number of rotatable bonds is 7. The lowest BCUT2D eigenvalue weighted by molar-refractivity contribution is -0.143. The second-order valence-electron chi connectivity index (χ2n) is 3.84. The number of hydrogen-bond acceptors (Lipinski definition) is 4. The molecule has 0 fully saturated rings. The third kappa shape index (κ3) is 4.93. The Labute approximate surface area is 112 Å². The topological polar surface area (TPSA) is 67.4 Å². The summed E-state index contributed by atoms with van der Waals surface area (Å²) in [6.07, 6.45) is 1.59. The van der Waals surface area contributed by atoms with E-state index in [-0.39, 0.29) is 12.5 Å². The van der Waals surface area contributed by atoms with Crippen LogP contribution in [0.25, 0.3) is 0 Å². The predicted molar refractivity (Wildman–Crippen MR) is 72.4 cm³/mol. The summed E-state index contributed by atoms with van der Waals surface area (Å²) >= 11 is 0. The number of esters is 1. The van der Waals surface area contributed by atoms with E-state index in [1.807, 2.05) is 18.2 Å². The summed E-state index contributed by atoms with van der Waals surface area (Å²) in [6.45, 7) is 3.94. The van der Waals surface area contributed by atoms with E-state index in [0.717, 1.165) is 5.56 Å². The molecule has 1 aromatic carbocycles. The zero-order chi connectivity index (χ0) is 14.1. The maximum atomic E-state index is 11.7. The van der Waals surface area contributed by atoms with Gasteiger partial charge in [-0.1, -0.05) is 36.4 Å². The SMILES string of the molecule is C=CCNC(=O)CNC(C(=O)OC)c1ccccc1. The van der Waals surface area contributed by atoms with Gasteiger partial charge in [0.05, 0.1) is 13.7 Å². The van der Waals surface area contributed by atoms with Crippen molar-refractivity contribution in [3.8, 4) is 0 Å². The Kier molecular flexibility index (Phi) is 6.32. The summed E-state index contributed by atoms with van der Waals surface area (Å²) in [6, 6.07) is 8.46. The van der Waals surface area contributed by atoms with Gasteiger partial charge in [0.2, 0.25) is 5.91 Å². The van der Waals surface area contributed by atoms with Crippen LogP contribution in [0, 0.1) is 0 Å². The van der Waals surface area contributed by atoms with Gasteiger partial charge in [-0.15, -0.1) is 6.58 Å². The molecule has 2 N–H and O–H groups in total. The lowest BCUT2D eigenvalue weighted by Crippen LogP contribution is -2.38. The quantitative estimate of drug-likeness (QED) is 0.563. The number of methoxy groups -OCH3 is 1. The molecule has 0 spiro atoms. The van der Waals surface area contributed by atoms with Crippen molar-refractivity contribution in [1.82, 2.24) is 10.6 Å². The van der Waals surface area contributed by atoms with Crippen LogP contribution in [0.4, 0.5) is 0 Å². The predicted octanol–water partition coefficient (Wildman–Crippen LogP) is 0.792. The molecular weight excluding hydrogens is 244 g/mol. The molecule has 0 bridgehead atoms. The highest BCUT2D eigenvalue weighted by molar-refractivity contribution is 5.81. The van der Waals surface area contributed by atoms with Gasteiger partial charge in [-0.05, 0) is 5.56 Å². The normalized spacial score (nSPS) is 11.4. The van der Waals surface area contributed by atoms with Gasteiger partial charge in [0, 0.05) is 6.54 Å². The van der Waals surface area contributed by atoms with E-state index in [4.69, 9.17) is 4.74 Å². The lowest BCUT2D eigenvalue weighted by atomic mass is 10.1. The van der Waals surface area contributed by atoms with E-state index >= 15 is 0 Å². The van der Waals surface area contributed by atoms with Gasteiger partial charge in [-0.3, -0.25) is 10.1 Å². The third-order valence-electron chi connectivity index (χ3n) is 2.48. The van der Waals surface area contributed by atoms with Crippen LogP contribution in [0.1, 0.15) is 11.6 Å². The minimum absolute atomic E-state index is 0.0303. The first-order valence-electron chi connectivity index (χ1n) is 5.92. The summed E-state index contributed by atoms with van der Waals surface area (Å²) in [5.74, 6) is -0.632. The molecule has 5 nitrogen and oxygen atoms in total. The van der Waals surface area contributed by atoms with Crippen molar-refractivity contribution in [1.29, 1.82) is 0 Å². The van der Waals surface area contributed by atoms with Crippen LogP contribution in [-0.4, -0.2) is 32.1 Å². The van der Waals surface area contributed by atoms with E-state index in [2.05, 4.69) is 17.2 Å². The van der Waals surface area contributed by atoms with Crippen molar-refractivity contribution in [2.45, 2.75) is 6.04 Å². The molecule has 1 atom stereocenters. The molecule has 0 aliphatic heterocycles. The van der Waals surface area contributed by atoms with E-state index in [1.165, 1.54) is 7.11 Å². The Balaban J connectivity index is 2.64. The van der Waals surface area contributed by atoms with Crippen molar-refractivity contribution in [3.63, 3.8) is 0 Å². The average Bonchev–Trinajstić information content (AvgIpc) is 2.46. The van der Waals surface area contributed by atoms with Crippen molar-refractivity contribution in [2.75, 3.05) is 20.2 Å². The highest BCUT2D eigenvalue weighted by Gasteiger charge is 2.21. The van der Waals surface area contributed by atoms with E-state index < -0.39 is 12.0 Å². The lowest BCUT2D eigenvalue weighted by Gasteiger charge is -2.16. The highest BCUT2D eigenvalue weighted by Crippen LogP contribution is 2.13. The number of hydrogen-bond donors (Lipinski definition) is 2. The van der Waals surface area contributed by atoms with E-state index in [0.29, 0.717) is 6.54 Å². The number of nitrogens with one attached hydrogen (secondary N) is 2. The molecule has 0 heterocycles. The fourth-order valence-electron chi connectivity index (χ4n) is 1.54. The Morgan fingerprint density at radius 2 is 2.05 bits per heavy atom. The minimum Gasteiger partial charge on any atom is -0.468 e. The first kappa shape index (κ1) is 14.9. The van der Waals surface area contributed by atoms with Crippen LogP contribution in [0.5, 0.6) is 0 Å². The summed E-state index contributed by atoms with van der Waals surface area (Å²) in [4.78, 5) is 23.2. The fourth-order valence-corrected chi connectivity index (χ4v) is 1.54. The second kappa shape index (κ2) is 8.05. The molecule has 0 aliphatic rings. The third-order valence-corrected chi connectivity index (χ3v) is 2.48. The van der Waals surface area contributed by atoms with Gasteiger partial charge in [0.25, 0.3) is 0 Å². The first-order chi connectivity index (χ1) is 9.19. The van der Waals surface area contributed by atoms with Crippen LogP contribution < -0.4 is 10.6 Å². The maximum Gasteiger partial charge on any atom is 0.327 e. The fraction of sp³-hybridized carbons (Fsp3) is 0.286. The molecule has 1 unspecified atom stereocenters. The van der Waals surface area contributed by atoms with Crippen LogP contribution >= 0.6 is 0 Å². The van der Waals surface area contributed by atoms with Gasteiger partial charge in [-0.2, -0.15) is 0 Å². The van der Waals surface area contributed by atoms with Crippen molar-refractivity contribution in [3.05, 3.63) is 48.6 Å². The van der Waals surface area contributed by atoms with Gasteiger partial charge in [0.15, 0.2) is 0 Å². The molecule has 0 radical (unpaired) electrons. The van der Waals surface area contributed by atoms with Gasteiger partial charge in [-0.25, -0.2) is 4.79 Å². The molecule has 0 aliphatic carbocycles. The van der Waals surface area contributed by atoms with Gasteiger partial charge >= 0.3 is 5.97 Å². The molecule has 0 aromatic heterocycles. The number of benzene rings is 1. The van der Waals surface area contributed by atoms with Crippen molar-refractivity contribution < 1.29 is 14.3 Å². The maximum absolute atomic E-state index is 11.7. The van der Waals surface area contributed by atoms with Crippen molar-refractivity contribution in [2.24, 2.45) is 0 Å². The number of carbonyl (C=O) groups is 2. The number of ether oxygens (including phenoxy) is 1. The molecule has 19 heavy (non-hydrogen) atoms. The molecule has 1 rings (SSSR count). The zero-order valence-electron chi connectivity index (χ0n) is 10.9. The molecule has 1 amide bonds. The standard InChI is InChI=1S/C14H18N2O3/c1-3-9-15-12(17)10-16-13(14(18)19-2)11-7-5-4-6-8-11/h3-8,13,16H,1,9-10H2,2H3,(H,15,17). The Morgan fingerprint density at radius 1 is 1.37 bits per heavy atom. The zero-order valence-corrected chi connectivity index (χ0v) is 10.9. The summed E-state index contributed by atoms with van der Waals surface area (Å²) in [7, 11) is 1.32. The Bertz CT molecular complexity index is 432. The van der Waals surface area contributed by atoms with Gasteiger partial charge < -0.3 is 10.1 Å². The molecule has 102 valence electrons. The summed E-state index contributed by atoms with van der Waals surface area (Å²) in [5.41, 5.74) is 0.755. The molecular formula is C14H18N2O3. The van der Waals surface area contributed by atoms with Gasteiger partial charge in [0.1, 0.15) is 6.04 Å². The summed E-state index contributed by atoms with van der Waals surface area (Å²) < 4.78 is 4.73. The molecule has 0 saturated carbocycles. The van der Waals surface area contributed by atoms with Crippen LogP contribution in [0.3, 0.4) is 0 Å². The van der Waals surface area contributed by atoms with Crippen LogP contribution in [0.2, 0.25) is 0 Å². The average molecular weight is 262 g/mol. The first-order valence-corrected chi connectivity index (χ1v) is 5.92. The Hall–Kier alpha value is -2.14.